The van der Waals surface area contributed by atoms with Gasteiger partial charge in [-0.05, 0) is 17.7 Å². The Bertz CT molecular complexity index is 222. The van der Waals surface area contributed by atoms with Gasteiger partial charge >= 0.3 is 0 Å². The van der Waals surface area contributed by atoms with Crippen LogP contribution in [0.2, 0.25) is 0 Å². The first-order chi connectivity index (χ1) is 5.24. The maximum atomic E-state index is 9.33. The van der Waals surface area contributed by atoms with Crippen molar-refractivity contribution in [1.82, 2.24) is 0 Å². The zero-order valence-corrected chi connectivity index (χ0v) is 8.35. The van der Waals surface area contributed by atoms with E-state index in [0.29, 0.717) is 5.75 Å². The van der Waals surface area contributed by atoms with Crippen LogP contribution in [0.5, 0.6) is 0 Å². The largest absolute Gasteiger partial charge is 0.388 e. The molecule has 0 spiro atoms. The third-order valence-corrected chi connectivity index (χ3v) is 2.30. The number of thiol groups is 1. The quantitative estimate of drug-likeness (QED) is 0.751. The van der Waals surface area contributed by atoms with E-state index in [4.69, 9.17) is 0 Å². The summed E-state index contributed by atoms with van der Waals surface area (Å²) in [4.78, 5) is 0. The third-order valence-electron chi connectivity index (χ3n) is 1.43. The van der Waals surface area contributed by atoms with Crippen molar-refractivity contribution in [3.05, 3.63) is 34.3 Å². The van der Waals surface area contributed by atoms with Gasteiger partial charge in [0.25, 0.3) is 0 Å². The van der Waals surface area contributed by atoms with E-state index < -0.39 is 6.10 Å². The van der Waals surface area contributed by atoms with E-state index in [1.54, 1.807) is 0 Å². The highest BCUT2D eigenvalue weighted by Crippen LogP contribution is 2.17. The van der Waals surface area contributed by atoms with Gasteiger partial charge in [-0.2, -0.15) is 12.6 Å². The molecule has 0 aliphatic carbocycles. The summed E-state index contributed by atoms with van der Waals surface area (Å²) >= 11 is 7.31. The van der Waals surface area contributed by atoms with Gasteiger partial charge in [0.2, 0.25) is 0 Å². The van der Waals surface area contributed by atoms with Gasteiger partial charge in [0.1, 0.15) is 0 Å². The van der Waals surface area contributed by atoms with Crippen LogP contribution in [0.4, 0.5) is 0 Å². The molecule has 1 atom stereocenters. The van der Waals surface area contributed by atoms with Crippen LogP contribution in [0.3, 0.4) is 0 Å². The predicted molar refractivity (Wildman–Crippen MR) is 53.0 cm³/mol. The van der Waals surface area contributed by atoms with Gasteiger partial charge < -0.3 is 5.11 Å². The van der Waals surface area contributed by atoms with E-state index in [-0.39, 0.29) is 0 Å². The molecule has 11 heavy (non-hydrogen) atoms. The minimum Gasteiger partial charge on any atom is -0.388 e. The maximum Gasteiger partial charge on any atom is 0.0877 e. The molecule has 0 aliphatic rings. The molecule has 0 bridgehead atoms. The Balaban J connectivity index is 2.81. The van der Waals surface area contributed by atoms with E-state index in [1.165, 1.54) is 0 Å². The Hall–Kier alpha value is 0.01000. The lowest BCUT2D eigenvalue weighted by Crippen LogP contribution is -1.97. The lowest BCUT2D eigenvalue weighted by molar-refractivity contribution is 0.204. The molecule has 1 aromatic carbocycles. The zero-order chi connectivity index (χ0) is 8.27. The van der Waals surface area contributed by atoms with Crippen LogP contribution >= 0.6 is 28.6 Å². The molecule has 1 aromatic rings. The number of aliphatic hydroxyl groups is 1. The van der Waals surface area contributed by atoms with Crippen molar-refractivity contribution < 1.29 is 5.11 Å². The summed E-state index contributed by atoms with van der Waals surface area (Å²) in [5.74, 6) is 0.460. The van der Waals surface area contributed by atoms with E-state index in [9.17, 15) is 5.11 Å². The van der Waals surface area contributed by atoms with Gasteiger partial charge in [0.15, 0.2) is 0 Å². The van der Waals surface area contributed by atoms with Gasteiger partial charge in [0.05, 0.1) is 6.10 Å². The van der Waals surface area contributed by atoms with E-state index in [2.05, 4.69) is 28.6 Å². The molecule has 0 saturated carbocycles. The molecule has 60 valence electrons. The highest BCUT2D eigenvalue weighted by atomic mass is 79.9. The average molecular weight is 233 g/mol. The highest BCUT2D eigenvalue weighted by molar-refractivity contribution is 9.10. The van der Waals surface area contributed by atoms with Gasteiger partial charge in [-0.15, -0.1) is 0 Å². The molecule has 0 aliphatic heterocycles. The fourth-order valence-corrected chi connectivity index (χ4v) is 1.27. The van der Waals surface area contributed by atoms with E-state index >= 15 is 0 Å². The Morgan fingerprint density at radius 3 is 2.36 bits per heavy atom. The standard InChI is InChI=1S/C8H9BrOS/c9-7-3-1-6(2-4-7)8(10)5-11/h1-4,8,10-11H,5H2. The first-order valence-electron chi connectivity index (χ1n) is 3.28. The molecule has 0 saturated heterocycles. The fourth-order valence-electron chi connectivity index (χ4n) is 0.790. The van der Waals surface area contributed by atoms with E-state index in [1.807, 2.05) is 24.3 Å². The summed E-state index contributed by atoms with van der Waals surface area (Å²) in [6.45, 7) is 0. The summed E-state index contributed by atoms with van der Waals surface area (Å²) in [5.41, 5.74) is 0.906. The number of rotatable bonds is 2. The second-order valence-electron chi connectivity index (χ2n) is 2.25. The average Bonchev–Trinajstić information content (AvgIpc) is 2.05. The summed E-state index contributed by atoms with van der Waals surface area (Å²) in [6.07, 6.45) is -0.452. The monoisotopic (exact) mass is 232 g/mol. The van der Waals surface area contributed by atoms with Crippen LogP contribution in [0.25, 0.3) is 0 Å². The number of aliphatic hydroxyl groups excluding tert-OH is 1. The van der Waals surface area contributed by atoms with Gasteiger partial charge in [0, 0.05) is 10.2 Å². The van der Waals surface area contributed by atoms with Gasteiger partial charge in [-0.25, -0.2) is 0 Å². The third kappa shape index (κ3) is 2.51. The van der Waals surface area contributed by atoms with Crippen molar-refractivity contribution in [1.29, 1.82) is 0 Å². The number of benzene rings is 1. The van der Waals surface area contributed by atoms with Gasteiger partial charge in [-0.1, -0.05) is 28.1 Å². The van der Waals surface area contributed by atoms with Crippen molar-refractivity contribution in [2.24, 2.45) is 0 Å². The molecule has 0 fully saturated rings. The summed E-state index contributed by atoms with van der Waals surface area (Å²) in [6, 6.07) is 7.57. The molecule has 1 nitrogen and oxygen atoms in total. The van der Waals surface area contributed by atoms with Crippen LogP contribution in [-0.2, 0) is 0 Å². The molecule has 0 amide bonds. The summed E-state index contributed by atoms with van der Waals surface area (Å²) in [5, 5.41) is 9.33. The molecule has 1 rings (SSSR count). The van der Waals surface area contributed by atoms with Crippen LogP contribution in [0, 0.1) is 0 Å². The van der Waals surface area contributed by atoms with Crippen LogP contribution < -0.4 is 0 Å². The Morgan fingerprint density at radius 1 is 1.36 bits per heavy atom. The lowest BCUT2D eigenvalue weighted by Gasteiger charge is -2.06. The predicted octanol–water partition coefficient (Wildman–Crippen LogP) is 2.41. The normalized spacial score (nSPS) is 13.0. The second kappa shape index (κ2) is 4.14. The zero-order valence-electron chi connectivity index (χ0n) is 5.87. The molecule has 3 heteroatoms. The fraction of sp³-hybridized carbons (Fsp3) is 0.250. The van der Waals surface area contributed by atoms with Gasteiger partial charge in [-0.3, -0.25) is 0 Å². The van der Waals surface area contributed by atoms with Crippen LogP contribution in [0.1, 0.15) is 11.7 Å². The maximum absolute atomic E-state index is 9.33. The molecule has 1 unspecified atom stereocenters. The molecule has 0 aromatic heterocycles. The SMILES string of the molecule is OC(CS)c1ccc(Br)cc1. The minimum absolute atomic E-state index is 0.452. The topological polar surface area (TPSA) is 20.2 Å². The summed E-state index contributed by atoms with van der Waals surface area (Å²) in [7, 11) is 0. The van der Waals surface area contributed by atoms with Crippen molar-refractivity contribution in [3.63, 3.8) is 0 Å². The van der Waals surface area contributed by atoms with Crippen LogP contribution in [-0.4, -0.2) is 10.9 Å². The first-order valence-corrected chi connectivity index (χ1v) is 4.71. The smallest absolute Gasteiger partial charge is 0.0877 e. The van der Waals surface area contributed by atoms with E-state index in [0.717, 1.165) is 10.0 Å². The van der Waals surface area contributed by atoms with Crippen molar-refractivity contribution in [2.75, 3.05) is 5.75 Å². The van der Waals surface area contributed by atoms with Crippen molar-refractivity contribution in [3.8, 4) is 0 Å². The second-order valence-corrected chi connectivity index (χ2v) is 3.53. The van der Waals surface area contributed by atoms with Crippen molar-refractivity contribution in [2.45, 2.75) is 6.10 Å². The lowest BCUT2D eigenvalue weighted by atomic mass is 10.1. The Kier molecular flexibility index (Phi) is 3.43. The van der Waals surface area contributed by atoms with Crippen LogP contribution in [0.15, 0.2) is 28.7 Å². The highest BCUT2D eigenvalue weighted by Gasteiger charge is 2.02. The Labute approximate surface area is 80.0 Å². The minimum atomic E-state index is -0.452. The molecule has 0 radical (unpaired) electrons. The number of halogens is 1. The first kappa shape index (κ1) is 9.10. The Morgan fingerprint density at radius 2 is 1.91 bits per heavy atom. The number of hydrogen-bond acceptors (Lipinski definition) is 2. The molecular weight excluding hydrogens is 224 g/mol. The van der Waals surface area contributed by atoms with Crippen molar-refractivity contribution >= 4 is 28.6 Å². The number of hydrogen-bond donors (Lipinski definition) is 2. The molecular formula is C8H9BrOS. The summed E-state index contributed by atoms with van der Waals surface area (Å²) < 4.78 is 1.02. The molecule has 1 N–H and O–H groups in total. The molecule has 0 heterocycles.